The third-order valence-corrected chi connectivity index (χ3v) is 8.12. The molecule has 2 aromatic carbocycles. The van der Waals surface area contributed by atoms with Gasteiger partial charge in [-0.15, -0.1) is 0 Å². The van der Waals surface area contributed by atoms with Crippen LogP contribution in [0.4, 0.5) is 5.69 Å². The summed E-state index contributed by atoms with van der Waals surface area (Å²) in [6.45, 7) is 16.9. The van der Waals surface area contributed by atoms with E-state index in [1.807, 2.05) is 39.0 Å². The van der Waals surface area contributed by atoms with Crippen LogP contribution >= 0.6 is 0 Å². The molecule has 0 aliphatic carbocycles. The highest BCUT2D eigenvalue weighted by atomic mass is 16.5. The average Bonchev–Trinajstić information content (AvgIpc) is 2.96. The SMILES string of the molecule is CC[C@H](C)[C@@H](CNc1cc(C)cc(C)c1)NC(=O)[C@@H](C[C@H](O)[C@@H](N)COCc1ccc(C)c(OCCCOC)c1)C(C)C. The fraction of sp³-hybridized carbons (Fsp3) is 0.629. The molecule has 0 aliphatic rings. The molecule has 5 atom stereocenters. The van der Waals surface area contributed by atoms with E-state index in [0.717, 1.165) is 35.4 Å². The molecule has 1 amide bonds. The Morgan fingerprint density at radius 2 is 1.72 bits per heavy atom. The molecule has 0 aliphatic heterocycles. The molecule has 0 spiro atoms. The summed E-state index contributed by atoms with van der Waals surface area (Å²) >= 11 is 0. The van der Waals surface area contributed by atoms with E-state index in [0.29, 0.717) is 26.4 Å². The molecule has 0 saturated carbocycles. The van der Waals surface area contributed by atoms with Crippen LogP contribution in [0.3, 0.4) is 0 Å². The number of carbonyl (C=O) groups excluding carboxylic acids is 1. The lowest BCUT2D eigenvalue weighted by Crippen LogP contribution is -2.49. The molecule has 2 rings (SSSR count). The summed E-state index contributed by atoms with van der Waals surface area (Å²) in [5.74, 6) is 0.736. The third kappa shape index (κ3) is 12.9. The van der Waals surface area contributed by atoms with Crippen molar-refractivity contribution in [3.05, 3.63) is 58.7 Å². The number of hydrogen-bond donors (Lipinski definition) is 4. The molecule has 0 heterocycles. The normalized spacial score (nSPS) is 15.0. The van der Waals surface area contributed by atoms with Crippen LogP contribution in [0.2, 0.25) is 0 Å². The van der Waals surface area contributed by atoms with Gasteiger partial charge in [-0.05, 0) is 79.5 Å². The Labute approximate surface area is 260 Å². The molecular weight excluding hydrogens is 542 g/mol. The van der Waals surface area contributed by atoms with Crippen molar-refractivity contribution in [3.63, 3.8) is 0 Å². The summed E-state index contributed by atoms with van der Waals surface area (Å²) in [6, 6.07) is 11.7. The van der Waals surface area contributed by atoms with Crippen molar-refractivity contribution < 1.29 is 24.1 Å². The number of methoxy groups -OCH3 is 1. The van der Waals surface area contributed by atoms with Crippen LogP contribution in [0.15, 0.2) is 36.4 Å². The average molecular weight is 600 g/mol. The van der Waals surface area contributed by atoms with Gasteiger partial charge in [0.2, 0.25) is 5.91 Å². The maximum Gasteiger partial charge on any atom is 0.223 e. The minimum absolute atomic E-state index is 0.0441. The molecule has 242 valence electrons. The molecule has 8 heteroatoms. The second-order valence-electron chi connectivity index (χ2n) is 12.4. The van der Waals surface area contributed by atoms with E-state index in [1.165, 1.54) is 11.1 Å². The second-order valence-corrected chi connectivity index (χ2v) is 12.4. The maximum absolute atomic E-state index is 13.5. The number of ether oxygens (including phenoxy) is 3. The van der Waals surface area contributed by atoms with Crippen molar-refractivity contribution in [3.8, 4) is 5.75 Å². The largest absolute Gasteiger partial charge is 0.493 e. The van der Waals surface area contributed by atoms with Crippen LogP contribution in [-0.4, -0.2) is 62.7 Å². The zero-order valence-electron chi connectivity index (χ0n) is 27.7. The number of carbonyl (C=O) groups is 1. The molecular formula is C35H57N3O5. The van der Waals surface area contributed by atoms with Gasteiger partial charge < -0.3 is 35.7 Å². The fourth-order valence-electron chi connectivity index (χ4n) is 5.09. The molecule has 2 aromatic rings. The van der Waals surface area contributed by atoms with Gasteiger partial charge in [0.25, 0.3) is 0 Å². The Morgan fingerprint density at radius 1 is 1.02 bits per heavy atom. The van der Waals surface area contributed by atoms with Crippen LogP contribution in [-0.2, 0) is 20.9 Å². The number of rotatable bonds is 20. The maximum atomic E-state index is 13.5. The van der Waals surface area contributed by atoms with E-state index in [4.69, 9.17) is 19.9 Å². The van der Waals surface area contributed by atoms with Crippen molar-refractivity contribution >= 4 is 11.6 Å². The van der Waals surface area contributed by atoms with Crippen LogP contribution in [0, 0.1) is 38.5 Å². The molecule has 0 fully saturated rings. The summed E-state index contributed by atoms with van der Waals surface area (Å²) in [7, 11) is 1.68. The third-order valence-electron chi connectivity index (χ3n) is 8.12. The van der Waals surface area contributed by atoms with Gasteiger partial charge >= 0.3 is 0 Å². The van der Waals surface area contributed by atoms with Gasteiger partial charge in [0.15, 0.2) is 0 Å². The minimum atomic E-state index is -0.869. The predicted octanol–water partition coefficient (Wildman–Crippen LogP) is 5.54. The van der Waals surface area contributed by atoms with Crippen molar-refractivity contribution in [2.24, 2.45) is 23.5 Å². The standard InChI is InChI=1S/C35H57N3O5/c1-9-26(6)32(20-37-29-16-24(4)15-25(5)17-29)38-35(40)30(23(2)3)19-33(39)31(36)22-42-21-28-12-11-27(7)34(18-28)43-14-10-13-41-8/h11-12,15-18,23,26,30-33,37,39H,9-10,13-14,19-22,36H2,1-8H3,(H,38,40)/t26-,30-,31-,32+,33-/m0/s1. The number of nitrogens with one attached hydrogen (secondary N) is 2. The monoisotopic (exact) mass is 599 g/mol. The lowest BCUT2D eigenvalue weighted by atomic mass is 9.86. The number of benzene rings is 2. The van der Waals surface area contributed by atoms with Crippen LogP contribution in [0.1, 0.15) is 69.2 Å². The lowest BCUT2D eigenvalue weighted by molar-refractivity contribution is -0.128. The summed E-state index contributed by atoms with van der Waals surface area (Å²) in [4.78, 5) is 13.5. The summed E-state index contributed by atoms with van der Waals surface area (Å²) in [6.07, 6.45) is 1.17. The molecule has 8 nitrogen and oxygen atoms in total. The van der Waals surface area contributed by atoms with Crippen molar-refractivity contribution in [1.29, 1.82) is 0 Å². The Bertz CT molecular complexity index is 1090. The van der Waals surface area contributed by atoms with Gasteiger partial charge in [-0.2, -0.15) is 0 Å². The number of aryl methyl sites for hydroxylation is 3. The zero-order chi connectivity index (χ0) is 31.9. The molecule has 0 saturated heterocycles. The molecule has 0 bridgehead atoms. The lowest BCUT2D eigenvalue weighted by Gasteiger charge is -2.30. The highest BCUT2D eigenvalue weighted by Crippen LogP contribution is 2.23. The van der Waals surface area contributed by atoms with Crippen LogP contribution in [0.5, 0.6) is 5.75 Å². The van der Waals surface area contributed by atoms with E-state index < -0.39 is 12.1 Å². The van der Waals surface area contributed by atoms with E-state index in [9.17, 15) is 9.90 Å². The van der Waals surface area contributed by atoms with Crippen molar-refractivity contribution in [2.45, 2.75) is 92.5 Å². The van der Waals surface area contributed by atoms with Gasteiger partial charge in [0.05, 0.1) is 32.0 Å². The Morgan fingerprint density at radius 3 is 2.35 bits per heavy atom. The molecule has 5 N–H and O–H groups in total. The number of aliphatic hydroxyl groups is 1. The quantitative estimate of drug-likeness (QED) is 0.148. The van der Waals surface area contributed by atoms with Gasteiger partial charge in [-0.25, -0.2) is 0 Å². The van der Waals surface area contributed by atoms with Crippen LogP contribution < -0.4 is 21.1 Å². The first-order valence-corrected chi connectivity index (χ1v) is 15.8. The summed E-state index contributed by atoms with van der Waals surface area (Å²) in [5, 5.41) is 17.8. The van der Waals surface area contributed by atoms with E-state index in [2.05, 4.69) is 56.5 Å². The van der Waals surface area contributed by atoms with E-state index in [1.54, 1.807) is 7.11 Å². The number of aliphatic hydroxyl groups excluding tert-OH is 1. The first kappa shape index (κ1) is 36.5. The second kappa shape index (κ2) is 18.9. The van der Waals surface area contributed by atoms with Gasteiger partial charge in [-0.1, -0.05) is 52.3 Å². The van der Waals surface area contributed by atoms with Crippen LogP contribution in [0.25, 0.3) is 0 Å². The Hall–Kier alpha value is -2.65. The first-order valence-electron chi connectivity index (χ1n) is 15.8. The zero-order valence-corrected chi connectivity index (χ0v) is 27.7. The number of amides is 1. The van der Waals surface area contributed by atoms with Gasteiger partial charge in [0.1, 0.15) is 5.75 Å². The highest BCUT2D eigenvalue weighted by Gasteiger charge is 2.30. The Kier molecular flexibility index (Phi) is 16.1. The summed E-state index contributed by atoms with van der Waals surface area (Å²) in [5.41, 5.74) is 11.8. The number of hydrogen-bond acceptors (Lipinski definition) is 7. The molecule has 0 radical (unpaired) electrons. The highest BCUT2D eigenvalue weighted by molar-refractivity contribution is 5.79. The van der Waals surface area contributed by atoms with Crippen molar-refractivity contribution in [1.82, 2.24) is 5.32 Å². The number of nitrogens with two attached hydrogens (primary N) is 1. The molecule has 0 unspecified atom stereocenters. The number of anilines is 1. The fourth-order valence-corrected chi connectivity index (χ4v) is 5.09. The van der Waals surface area contributed by atoms with E-state index in [-0.39, 0.29) is 42.7 Å². The molecule has 43 heavy (non-hydrogen) atoms. The Balaban J connectivity index is 1.92. The van der Waals surface area contributed by atoms with Gasteiger partial charge in [-0.3, -0.25) is 4.79 Å². The van der Waals surface area contributed by atoms with Crippen molar-refractivity contribution in [2.75, 3.05) is 38.8 Å². The first-order chi connectivity index (χ1) is 20.4. The van der Waals surface area contributed by atoms with Gasteiger partial charge in [0, 0.05) is 44.3 Å². The van der Waals surface area contributed by atoms with E-state index >= 15 is 0 Å². The molecule has 0 aromatic heterocycles. The topological polar surface area (TPSA) is 115 Å². The summed E-state index contributed by atoms with van der Waals surface area (Å²) < 4.78 is 16.8. The predicted molar refractivity (Wildman–Crippen MR) is 176 cm³/mol. The minimum Gasteiger partial charge on any atom is -0.493 e. The smallest absolute Gasteiger partial charge is 0.223 e.